The van der Waals surface area contributed by atoms with Crippen LogP contribution in [0.5, 0.6) is 5.75 Å². The zero-order chi connectivity index (χ0) is 34.9. The van der Waals surface area contributed by atoms with Crippen molar-refractivity contribution in [3.63, 3.8) is 0 Å². The molecule has 3 atom stereocenters. The SMILES string of the molecule is COc1ccc(C[C@@H]2[C@H](OC(=O)NCCN3CCN(Cc4ccccc4)CC3)[C@@H](OC(=O)OC(C)(C)C)CN2C(=O)OC(C)(C)C)cc1. The van der Waals surface area contributed by atoms with Crippen LogP contribution >= 0.6 is 0 Å². The maximum Gasteiger partial charge on any atom is 0.509 e. The quantitative estimate of drug-likeness (QED) is 0.271. The minimum atomic E-state index is -0.992. The Hall–Kier alpha value is -4.03. The standard InChI is InChI=1S/C36H52N4O8/c1-35(2,3)47-33(42)40-25-30(45-34(43)48-36(4,5)6)31(29(40)23-26-13-15-28(44-7)16-14-26)46-32(41)37-17-18-38-19-21-39(22-20-38)24-27-11-9-8-10-12-27/h8-16,29-31H,17-25H2,1-7H3,(H,37,41)/t29-,30+,31+/m1/s1. The number of amides is 2. The van der Waals surface area contributed by atoms with E-state index in [4.69, 9.17) is 23.7 Å². The first-order valence-corrected chi connectivity index (χ1v) is 16.6. The summed E-state index contributed by atoms with van der Waals surface area (Å²) in [7, 11) is 1.59. The molecule has 2 heterocycles. The first-order chi connectivity index (χ1) is 22.7. The summed E-state index contributed by atoms with van der Waals surface area (Å²) >= 11 is 0. The molecule has 1 N–H and O–H groups in total. The van der Waals surface area contributed by atoms with E-state index in [0.717, 1.165) is 38.3 Å². The van der Waals surface area contributed by atoms with Crippen LogP contribution < -0.4 is 10.1 Å². The van der Waals surface area contributed by atoms with Crippen LogP contribution in [0.1, 0.15) is 52.7 Å². The molecule has 2 aliphatic rings. The molecule has 264 valence electrons. The lowest BCUT2D eigenvalue weighted by Gasteiger charge is -2.34. The van der Waals surface area contributed by atoms with E-state index in [1.54, 1.807) is 48.7 Å². The molecule has 4 rings (SSSR count). The van der Waals surface area contributed by atoms with E-state index < -0.39 is 47.8 Å². The monoisotopic (exact) mass is 668 g/mol. The number of carbonyl (C=O) groups is 3. The van der Waals surface area contributed by atoms with Crippen LogP contribution in [-0.2, 0) is 31.9 Å². The number of alkyl carbamates (subject to hydrolysis) is 1. The van der Waals surface area contributed by atoms with Crippen LogP contribution in [-0.4, -0.2) is 115 Å². The third-order valence-corrected chi connectivity index (χ3v) is 8.05. The van der Waals surface area contributed by atoms with Gasteiger partial charge in [0.05, 0.1) is 19.7 Å². The van der Waals surface area contributed by atoms with Crippen LogP contribution in [0.4, 0.5) is 14.4 Å². The minimum absolute atomic E-state index is 0.0415. The Kier molecular flexibility index (Phi) is 12.6. The van der Waals surface area contributed by atoms with Crippen molar-refractivity contribution in [1.82, 2.24) is 20.0 Å². The van der Waals surface area contributed by atoms with E-state index in [-0.39, 0.29) is 6.54 Å². The number of ether oxygens (including phenoxy) is 5. The Morgan fingerprint density at radius 3 is 2.02 bits per heavy atom. The highest BCUT2D eigenvalue weighted by molar-refractivity contribution is 5.71. The molecule has 0 bridgehead atoms. The van der Waals surface area contributed by atoms with E-state index in [0.29, 0.717) is 25.3 Å². The van der Waals surface area contributed by atoms with Gasteiger partial charge in [-0.1, -0.05) is 42.5 Å². The van der Waals surface area contributed by atoms with Crippen molar-refractivity contribution in [2.24, 2.45) is 0 Å². The van der Waals surface area contributed by atoms with Crippen LogP contribution in [0.3, 0.4) is 0 Å². The summed E-state index contributed by atoms with van der Waals surface area (Å²) in [5, 5.41) is 2.86. The number of carbonyl (C=O) groups excluding carboxylic acids is 3. The summed E-state index contributed by atoms with van der Waals surface area (Å²) in [5.74, 6) is 0.685. The molecule has 2 amide bonds. The first kappa shape index (κ1) is 36.8. The summed E-state index contributed by atoms with van der Waals surface area (Å²) in [6, 6.07) is 17.1. The number of rotatable bonds is 10. The molecule has 0 radical (unpaired) electrons. The number of nitrogens with one attached hydrogen (secondary N) is 1. The molecule has 0 aromatic heterocycles. The van der Waals surface area contributed by atoms with Gasteiger partial charge < -0.3 is 29.0 Å². The predicted octanol–water partition coefficient (Wildman–Crippen LogP) is 5.09. The smallest absolute Gasteiger partial charge is 0.497 e. The van der Waals surface area contributed by atoms with Gasteiger partial charge in [-0.25, -0.2) is 14.4 Å². The largest absolute Gasteiger partial charge is 0.509 e. The second-order valence-corrected chi connectivity index (χ2v) is 14.3. The number of hydrogen-bond donors (Lipinski definition) is 1. The summed E-state index contributed by atoms with van der Waals surface area (Å²) in [5.41, 5.74) is 0.593. The summed E-state index contributed by atoms with van der Waals surface area (Å²) in [6.07, 6.45) is -3.85. The molecule has 0 saturated carbocycles. The van der Waals surface area contributed by atoms with Crippen LogP contribution in [0.15, 0.2) is 54.6 Å². The van der Waals surface area contributed by atoms with E-state index in [1.165, 1.54) is 10.5 Å². The van der Waals surface area contributed by atoms with E-state index in [1.807, 2.05) is 30.3 Å². The van der Waals surface area contributed by atoms with Crippen molar-refractivity contribution in [3.8, 4) is 5.75 Å². The van der Waals surface area contributed by atoms with Gasteiger partial charge in [-0.05, 0) is 71.2 Å². The number of likely N-dealkylation sites (tertiary alicyclic amines) is 1. The second kappa shape index (κ2) is 16.4. The molecule has 0 spiro atoms. The lowest BCUT2D eigenvalue weighted by atomic mass is 10.0. The van der Waals surface area contributed by atoms with Gasteiger partial charge in [-0.2, -0.15) is 0 Å². The topological polar surface area (TPSA) is 119 Å². The van der Waals surface area contributed by atoms with E-state index in [2.05, 4.69) is 39.4 Å². The Morgan fingerprint density at radius 2 is 1.42 bits per heavy atom. The fourth-order valence-corrected chi connectivity index (χ4v) is 5.77. The molecule has 0 aliphatic carbocycles. The molecule has 2 aromatic carbocycles. The lowest BCUT2D eigenvalue weighted by molar-refractivity contribution is -0.0518. The summed E-state index contributed by atoms with van der Waals surface area (Å²) < 4.78 is 28.1. The Morgan fingerprint density at radius 1 is 0.792 bits per heavy atom. The summed E-state index contributed by atoms with van der Waals surface area (Å²) in [4.78, 5) is 45.7. The van der Waals surface area contributed by atoms with Gasteiger partial charge >= 0.3 is 18.3 Å². The maximum atomic E-state index is 13.5. The number of hydrogen-bond acceptors (Lipinski definition) is 10. The third-order valence-electron chi connectivity index (χ3n) is 8.05. The summed E-state index contributed by atoms with van der Waals surface area (Å²) in [6.45, 7) is 16.1. The van der Waals surface area contributed by atoms with E-state index in [9.17, 15) is 14.4 Å². The van der Waals surface area contributed by atoms with Crippen molar-refractivity contribution < 1.29 is 38.1 Å². The average Bonchev–Trinajstić information content (AvgIpc) is 3.33. The third kappa shape index (κ3) is 11.6. The highest BCUT2D eigenvalue weighted by atomic mass is 16.7. The fourth-order valence-electron chi connectivity index (χ4n) is 5.77. The average molecular weight is 669 g/mol. The van der Waals surface area contributed by atoms with Crippen molar-refractivity contribution in [2.45, 2.75) is 84.0 Å². The van der Waals surface area contributed by atoms with Gasteiger partial charge in [-0.3, -0.25) is 14.7 Å². The Labute approximate surface area is 284 Å². The molecule has 0 unspecified atom stereocenters. The molecule has 48 heavy (non-hydrogen) atoms. The number of methoxy groups -OCH3 is 1. The van der Waals surface area contributed by atoms with Crippen LogP contribution in [0.2, 0.25) is 0 Å². The highest BCUT2D eigenvalue weighted by Crippen LogP contribution is 2.30. The maximum absolute atomic E-state index is 13.5. The predicted molar refractivity (Wildman–Crippen MR) is 181 cm³/mol. The van der Waals surface area contributed by atoms with Gasteiger partial charge in [0.1, 0.15) is 17.0 Å². The molecule has 12 nitrogen and oxygen atoms in total. The van der Waals surface area contributed by atoms with Crippen LogP contribution in [0.25, 0.3) is 0 Å². The molecule has 2 fully saturated rings. The fraction of sp³-hybridized carbons (Fsp3) is 0.583. The van der Waals surface area contributed by atoms with Crippen LogP contribution in [0, 0.1) is 0 Å². The molecule has 2 aromatic rings. The van der Waals surface area contributed by atoms with Gasteiger partial charge in [0.25, 0.3) is 0 Å². The first-order valence-electron chi connectivity index (χ1n) is 16.6. The molecular formula is C36H52N4O8. The Balaban J connectivity index is 1.42. The lowest BCUT2D eigenvalue weighted by Crippen LogP contribution is -2.49. The van der Waals surface area contributed by atoms with Gasteiger partial charge in [0.2, 0.25) is 0 Å². The number of nitrogens with zero attached hydrogens (tertiary/aromatic N) is 3. The van der Waals surface area contributed by atoms with Crippen molar-refractivity contribution in [1.29, 1.82) is 0 Å². The highest BCUT2D eigenvalue weighted by Gasteiger charge is 2.50. The Bertz CT molecular complexity index is 1330. The normalized spacial score (nSPS) is 20.6. The van der Waals surface area contributed by atoms with E-state index >= 15 is 0 Å². The molecular weight excluding hydrogens is 616 g/mol. The van der Waals surface area contributed by atoms with Crippen molar-refractivity contribution in [3.05, 3.63) is 65.7 Å². The minimum Gasteiger partial charge on any atom is -0.497 e. The van der Waals surface area contributed by atoms with Crippen molar-refractivity contribution in [2.75, 3.05) is 52.9 Å². The number of benzene rings is 2. The van der Waals surface area contributed by atoms with Crippen molar-refractivity contribution >= 4 is 18.3 Å². The zero-order valence-corrected chi connectivity index (χ0v) is 29.4. The molecule has 2 saturated heterocycles. The second-order valence-electron chi connectivity index (χ2n) is 14.3. The molecule has 12 heteroatoms. The van der Waals surface area contributed by atoms with Gasteiger partial charge in [0.15, 0.2) is 12.2 Å². The molecule has 2 aliphatic heterocycles. The zero-order valence-electron chi connectivity index (χ0n) is 29.4. The van der Waals surface area contributed by atoms with Gasteiger partial charge in [0, 0.05) is 45.8 Å². The van der Waals surface area contributed by atoms with Gasteiger partial charge in [-0.15, -0.1) is 0 Å². The number of piperazine rings is 1.